The van der Waals surface area contributed by atoms with Crippen LogP contribution >= 0.6 is 11.6 Å². The standard InChI is InChI=1S/C7H15ClFN/c1-7(3-4-8)10-6-2-5-9/h7,10H,2-6H2,1H3. The summed E-state index contributed by atoms with van der Waals surface area (Å²) in [5.74, 6) is 0.670. The average Bonchev–Trinajstić information content (AvgIpc) is 1.89. The third-order valence-electron chi connectivity index (χ3n) is 1.35. The van der Waals surface area contributed by atoms with Crippen LogP contribution in [0.1, 0.15) is 19.8 Å². The molecule has 0 saturated heterocycles. The highest BCUT2D eigenvalue weighted by atomic mass is 35.5. The van der Waals surface area contributed by atoms with E-state index in [4.69, 9.17) is 11.6 Å². The van der Waals surface area contributed by atoms with E-state index in [1.807, 2.05) is 0 Å². The highest BCUT2D eigenvalue weighted by Crippen LogP contribution is 1.92. The molecule has 0 spiro atoms. The van der Waals surface area contributed by atoms with Crippen molar-refractivity contribution >= 4 is 11.6 Å². The molecule has 0 radical (unpaired) electrons. The number of rotatable bonds is 6. The van der Waals surface area contributed by atoms with Crippen LogP contribution in [0, 0.1) is 0 Å². The van der Waals surface area contributed by atoms with Gasteiger partial charge in [0.15, 0.2) is 0 Å². The minimum Gasteiger partial charge on any atom is -0.314 e. The first kappa shape index (κ1) is 10.2. The molecule has 1 unspecified atom stereocenters. The van der Waals surface area contributed by atoms with Crippen LogP contribution in [0.15, 0.2) is 0 Å². The summed E-state index contributed by atoms with van der Waals surface area (Å²) in [5.41, 5.74) is 0. The maximum absolute atomic E-state index is 11.6. The van der Waals surface area contributed by atoms with E-state index in [1.54, 1.807) is 0 Å². The predicted octanol–water partition coefficient (Wildman–Crippen LogP) is 1.95. The van der Waals surface area contributed by atoms with Crippen LogP contribution in [-0.4, -0.2) is 25.1 Å². The summed E-state index contributed by atoms with van der Waals surface area (Å²) in [6.45, 7) is 2.58. The minimum atomic E-state index is -0.236. The Morgan fingerprint density at radius 2 is 2.30 bits per heavy atom. The Labute approximate surface area is 66.9 Å². The Balaban J connectivity index is 2.97. The van der Waals surface area contributed by atoms with Crippen molar-refractivity contribution in [1.82, 2.24) is 5.32 Å². The molecule has 0 saturated carbocycles. The molecule has 62 valence electrons. The van der Waals surface area contributed by atoms with Gasteiger partial charge in [-0.1, -0.05) is 0 Å². The lowest BCUT2D eigenvalue weighted by Gasteiger charge is -2.10. The third kappa shape index (κ3) is 6.30. The van der Waals surface area contributed by atoms with Gasteiger partial charge in [0.1, 0.15) is 0 Å². The monoisotopic (exact) mass is 167 g/mol. The van der Waals surface area contributed by atoms with Gasteiger partial charge in [-0.2, -0.15) is 0 Å². The molecular formula is C7H15ClFN. The lowest BCUT2D eigenvalue weighted by molar-refractivity contribution is 0.440. The minimum absolute atomic E-state index is 0.236. The predicted molar refractivity (Wildman–Crippen MR) is 43.4 cm³/mol. The van der Waals surface area contributed by atoms with E-state index in [9.17, 15) is 4.39 Å². The third-order valence-corrected chi connectivity index (χ3v) is 1.56. The van der Waals surface area contributed by atoms with E-state index in [2.05, 4.69) is 12.2 Å². The summed E-state index contributed by atoms with van der Waals surface area (Å²) in [7, 11) is 0. The molecular weight excluding hydrogens is 153 g/mol. The molecule has 0 aromatic rings. The van der Waals surface area contributed by atoms with E-state index in [1.165, 1.54) is 0 Å². The first-order chi connectivity index (χ1) is 4.81. The van der Waals surface area contributed by atoms with Crippen LogP contribution in [0.5, 0.6) is 0 Å². The van der Waals surface area contributed by atoms with Crippen molar-refractivity contribution in [2.24, 2.45) is 0 Å². The lowest BCUT2D eigenvalue weighted by atomic mass is 10.2. The molecule has 0 fully saturated rings. The Morgan fingerprint density at radius 1 is 1.60 bits per heavy atom. The SMILES string of the molecule is CC(CCCl)NCCCF. The van der Waals surface area contributed by atoms with Crippen molar-refractivity contribution in [3.05, 3.63) is 0 Å². The fraction of sp³-hybridized carbons (Fsp3) is 1.00. The zero-order valence-electron chi connectivity index (χ0n) is 6.37. The second kappa shape index (κ2) is 7.29. The number of hydrogen-bond donors (Lipinski definition) is 1. The topological polar surface area (TPSA) is 12.0 Å². The van der Waals surface area contributed by atoms with Gasteiger partial charge in [-0.05, 0) is 26.3 Å². The summed E-state index contributed by atoms with van der Waals surface area (Å²) in [5, 5.41) is 3.16. The average molecular weight is 168 g/mol. The lowest BCUT2D eigenvalue weighted by Crippen LogP contribution is -2.27. The van der Waals surface area contributed by atoms with E-state index >= 15 is 0 Å². The van der Waals surface area contributed by atoms with Gasteiger partial charge in [0, 0.05) is 11.9 Å². The zero-order valence-corrected chi connectivity index (χ0v) is 7.12. The first-order valence-corrected chi connectivity index (χ1v) is 4.20. The smallest absolute Gasteiger partial charge is 0.0906 e. The van der Waals surface area contributed by atoms with Crippen LogP contribution in [0.3, 0.4) is 0 Å². The van der Waals surface area contributed by atoms with Crippen LogP contribution in [0.2, 0.25) is 0 Å². The molecule has 10 heavy (non-hydrogen) atoms. The fourth-order valence-corrected chi connectivity index (χ4v) is 1.01. The van der Waals surface area contributed by atoms with E-state index < -0.39 is 0 Å². The van der Waals surface area contributed by atoms with E-state index in [0.29, 0.717) is 18.3 Å². The van der Waals surface area contributed by atoms with Crippen molar-refractivity contribution in [2.75, 3.05) is 19.1 Å². The maximum Gasteiger partial charge on any atom is 0.0906 e. The molecule has 0 amide bonds. The molecule has 3 heteroatoms. The van der Waals surface area contributed by atoms with Crippen LogP contribution in [0.4, 0.5) is 4.39 Å². The van der Waals surface area contributed by atoms with Crippen molar-refractivity contribution in [3.63, 3.8) is 0 Å². The van der Waals surface area contributed by atoms with Crippen molar-refractivity contribution in [2.45, 2.75) is 25.8 Å². The number of nitrogens with one attached hydrogen (secondary N) is 1. The zero-order chi connectivity index (χ0) is 7.82. The second-order valence-corrected chi connectivity index (χ2v) is 2.75. The van der Waals surface area contributed by atoms with Crippen LogP contribution < -0.4 is 5.32 Å². The number of alkyl halides is 2. The molecule has 0 aliphatic carbocycles. The molecule has 0 aliphatic rings. The second-order valence-electron chi connectivity index (χ2n) is 2.38. The maximum atomic E-state index is 11.6. The van der Waals surface area contributed by atoms with Gasteiger partial charge in [-0.15, -0.1) is 11.6 Å². The Morgan fingerprint density at radius 3 is 2.80 bits per heavy atom. The number of halogens is 2. The number of hydrogen-bond acceptors (Lipinski definition) is 1. The van der Waals surface area contributed by atoms with Crippen LogP contribution in [0.25, 0.3) is 0 Å². The molecule has 0 aliphatic heterocycles. The van der Waals surface area contributed by atoms with Gasteiger partial charge in [0.2, 0.25) is 0 Å². The van der Waals surface area contributed by atoms with Crippen molar-refractivity contribution in [3.8, 4) is 0 Å². The highest BCUT2D eigenvalue weighted by Gasteiger charge is 1.97. The van der Waals surface area contributed by atoms with Crippen molar-refractivity contribution in [1.29, 1.82) is 0 Å². The van der Waals surface area contributed by atoms with E-state index in [-0.39, 0.29) is 6.67 Å². The molecule has 0 rings (SSSR count). The molecule has 0 heterocycles. The summed E-state index contributed by atoms with van der Waals surface area (Å²) >= 11 is 5.50. The van der Waals surface area contributed by atoms with Gasteiger partial charge in [-0.25, -0.2) is 0 Å². The molecule has 1 N–H and O–H groups in total. The summed E-state index contributed by atoms with van der Waals surface area (Å²) in [6.07, 6.45) is 1.56. The Bertz CT molecular complexity index is 70.6. The van der Waals surface area contributed by atoms with Gasteiger partial charge >= 0.3 is 0 Å². The molecule has 0 aromatic heterocycles. The largest absolute Gasteiger partial charge is 0.314 e. The Hall–Kier alpha value is 0.180. The summed E-state index contributed by atoms with van der Waals surface area (Å²) < 4.78 is 11.6. The van der Waals surface area contributed by atoms with Gasteiger partial charge in [-0.3, -0.25) is 4.39 Å². The van der Waals surface area contributed by atoms with Gasteiger partial charge in [0.05, 0.1) is 6.67 Å². The van der Waals surface area contributed by atoms with Gasteiger partial charge in [0.25, 0.3) is 0 Å². The Kier molecular flexibility index (Phi) is 7.42. The van der Waals surface area contributed by atoms with E-state index in [0.717, 1.165) is 13.0 Å². The summed E-state index contributed by atoms with van der Waals surface area (Å²) in [4.78, 5) is 0. The quantitative estimate of drug-likeness (QED) is 0.471. The summed E-state index contributed by atoms with van der Waals surface area (Å²) in [6, 6.07) is 0.420. The fourth-order valence-electron chi connectivity index (χ4n) is 0.681. The van der Waals surface area contributed by atoms with Crippen molar-refractivity contribution < 1.29 is 4.39 Å². The highest BCUT2D eigenvalue weighted by molar-refractivity contribution is 6.17. The molecule has 1 nitrogen and oxygen atoms in total. The van der Waals surface area contributed by atoms with Crippen LogP contribution in [-0.2, 0) is 0 Å². The molecule has 0 bridgehead atoms. The first-order valence-electron chi connectivity index (χ1n) is 3.66. The molecule has 1 atom stereocenters. The normalized spacial score (nSPS) is 13.5. The molecule has 0 aromatic carbocycles. The van der Waals surface area contributed by atoms with Gasteiger partial charge < -0.3 is 5.32 Å².